The average molecular weight is 357 g/mol. The fourth-order valence-electron chi connectivity index (χ4n) is 3.54. The summed E-state index contributed by atoms with van der Waals surface area (Å²) in [4.78, 5) is 2.36. The van der Waals surface area contributed by atoms with Gasteiger partial charge in [0.05, 0.1) is 10.5 Å². The van der Waals surface area contributed by atoms with E-state index in [4.69, 9.17) is 0 Å². The quantitative estimate of drug-likeness (QED) is 0.490. The maximum absolute atomic E-state index is 4.23. The number of thioether (sulfide) groups is 1. The van der Waals surface area contributed by atoms with E-state index in [1.165, 1.54) is 38.1 Å². The number of aromatic nitrogens is 1. The van der Waals surface area contributed by atoms with E-state index in [1.807, 2.05) is 0 Å². The van der Waals surface area contributed by atoms with Gasteiger partial charge in [0.1, 0.15) is 7.05 Å². The monoisotopic (exact) mass is 356 g/mol. The smallest absolute Gasteiger partial charge is 0.200 e. The highest BCUT2D eigenvalue weighted by molar-refractivity contribution is 8.03. The predicted molar refractivity (Wildman–Crippen MR) is 112 cm³/mol. The van der Waals surface area contributed by atoms with Crippen LogP contribution in [0.2, 0.25) is 0 Å². The van der Waals surface area contributed by atoms with Crippen molar-refractivity contribution in [3.63, 3.8) is 0 Å². The number of allylic oxidation sites excluding steroid dienone is 4. The first-order valence-electron chi connectivity index (χ1n) is 8.85. The highest BCUT2D eigenvalue weighted by Gasteiger charge is 2.23. The van der Waals surface area contributed by atoms with Crippen molar-refractivity contribution in [2.75, 3.05) is 0 Å². The van der Waals surface area contributed by atoms with Gasteiger partial charge in [0.15, 0.2) is 6.20 Å². The summed E-state index contributed by atoms with van der Waals surface area (Å²) in [5, 5.41) is 2.60. The molecule has 26 heavy (non-hydrogen) atoms. The zero-order chi connectivity index (χ0) is 18.1. The topological polar surface area (TPSA) is 3.88 Å². The molecule has 0 atom stereocenters. The van der Waals surface area contributed by atoms with Crippen LogP contribution in [0.3, 0.4) is 0 Å². The van der Waals surface area contributed by atoms with Crippen molar-refractivity contribution < 1.29 is 4.57 Å². The molecule has 1 aromatic heterocycles. The Balaban J connectivity index is 1.99. The number of hydrogen-bond donors (Lipinski definition) is 0. The minimum Gasteiger partial charge on any atom is -0.200 e. The molecule has 1 nitrogen and oxygen atoms in total. The Kier molecular flexibility index (Phi) is 4.52. The van der Waals surface area contributed by atoms with Crippen LogP contribution in [-0.2, 0) is 13.5 Å². The first-order valence-corrected chi connectivity index (χ1v) is 9.67. The Bertz CT molecular complexity index is 1070. The van der Waals surface area contributed by atoms with Gasteiger partial charge in [0, 0.05) is 11.0 Å². The maximum Gasteiger partial charge on any atom is 0.226 e. The number of hydrogen-bond acceptors (Lipinski definition) is 1. The van der Waals surface area contributed by atoms with Crippen LogP contribution in [0.15, 0.2) is 89.3 Å². The second-order valence-corrected chi connectivity index (χ2v) is 7.79. The highest BCUT2D eigenvalue weighted by atomic mass is 32.2. The lowest BCUT2D eigenvalue weighted by Crippen LogP contribution is -2.32. The predicted octanol–water partition coefficient (Wildman–Crippen LogP) is 5.91. The van der Waals surface area contributed by atoms with E-state index in [0.29, 0.717) is 0 Å². The van der Waals surface area contributed by atoms with Crippen LogP contribution in [0.5, 0.6) is 0 Å². The summed E-state index contributed by atoms with van der Waals surface area (Å²) in [7, 11) is 2.13. The molecule has 2 aromatic carbocycles. The summed E-state index contributed by atoms with van der Waals surface area (Å²) >= 11 is 1.77. The van der Waals surface area contributed by atoms with Gasteiger partial charge in [0.2, 0.25) is 5.69 Å². The summed E-state index contributed by atoms with van der Waals surface area (Å²) in [6.07, 6.45) is 11.6. The van der Waals surface area contributed by atoms with Gasteiger partial charge in [-0.05, 0) is 47.4 Å². The van der Waals surface area contributed by atoms with Gasteiger partial charge in [-0.2, -0.15) is 0 Å². The SMILES string of the molecule is C=C1/C=C\C=C/Cc2cc[n+](C)c(-c3ccc4ccccc4c3C)c2S1. The van der Waals surface area contributed by atoms with Crippen molar-refractivity contribution in [2.24, 2.45) is 7.05 Å². The van der Waals surface area contributed by atoms with Crippen molar-refractivity contribution in [1.82, 2.24) is 0 Å². The van der Waals surface area contributed by atoms with Crippen LogP contribution < -0.4 is 4.57 Å². The molecule has 4 rings (SSSR count). The molecular weight excluding hydrogens is 334 g/mol. The van der Waals surface area contributed by atoms with Crippen molar-refractivity contribution >= 4 is 22.5 Å². The van der Waals surface area contributed by atoms with Crippen molar-refractivity contribution in [1.29, 1.82) is 0 Å². The molecule has 1 aliphatic rings. The molecular formula is C24H22NS+. The van der Waals surface area contributed by atoms with Crippen LogP contribution in [0.25, 0.3) is 22.0 Å². The molecule has 0 fully saturated rings. The van der Waals surface area contributed by atoms with Crippen molar-refractivity contribution in [3.05, 3.63) is 95.6 Å². The summed E-state index contributed by atoms with van der Waals surface area (Å²) in [5.74, 6) is 0. The van der Waals surface area contributed by atoms with Crippen LogP contribution in [-0.4, -0.2) is 0 Å². The van der Waals surface area contributed by atoms with E-state index in [0.717, 1.165) is 11.3 Å². The van der Waals surface area contributed by atoms with E-state index in [1.54, 1.807) is 11.8 Å². The molecule has 3 aromatic rings. The third-order valence-corrected chi connectivity index (χ3v) is 5.97. The standard InChI is InChI=1S/C24H22NS/c1-17-9-5-4-6-11-20-15-16-25(3)23(24(20)26-17)22-14-13-19-10-7-8-12-21(19)18(22)2/h4-10,12-16H,1,11H2,2-3H3/q+1/b6-4-,9-5-. The second kappa shape index (κ2) is 6.97. The number of rotatable bonds is 1. The molecule has 0 spiro atoms. The fourth-order valence-corrected chi connectivity index (χ4v) is 4.58. The van der Waals surface area contributed by atoms with Crippen LogP contribution in [0.4, 0.5) is 0 Å². The third-order valence-electron chi connectivity index (χ3n) is 4.91. The second-order valence-electron chi connectivity index (χ2n) is 6.65. The average Bonchev–Trinajstić information content (AvgIpc) is 2.73. The van der Waals surface area contributed by atoms with Crippen molar-refractivity contribution in [2.45, 2.75) is 18.2 Å². The van der Waals surface area contributed by atoms with Gasteiger partial charge in [-0.1, -0.05) is 66.9 Å². The van der Waals surface area contributed by atoms with E-state index in [-0.39, 0.29) is 0 Å². The van der Waals surface area contributed by atoms with Gasteiger partial charge in [0.25, 0.3) is 0 Å². The summed E-state index contributed by atoms with van der Waals surface area (Å²) in [6.45, 7) is 6.45. The molecule has 0 radical (unpaired) electrons. The lowest BCUT2D eigenvalue weighted by atomic mass is 9.96. The minimum absolute atomic E-state index is 0.931. The molecule has 2 heterocycles. The molecule has 1 aliphatic heterocycles. The van der Waals surface area contributed by atoms with E-state index in [2.05, 4.69) is 98.1 Å². The molecule has 0 bridgehead atoms. The number of benzene rings is 2. The van der Waals surface area contributed by atoms with Gasteiger partial charge in [-0.15, -0.1) is 0 Å². The Morgan fingerprint density at radius 2 is 1.88 bits per heavy atom. The largest absolute Gasteiger partial charge is 0.226 e. The van der Waals surface area contributed by atoms with Gasteiger partial charge < -0.3 is 0 Å². The van der Waals surface area contributed by atoms with Crippen LogP contribution in [0, 0.1) is 6.92 Å². The third kappa shape index (κ3) is 3.02. The molecule has 0 aliphatic carbocycles. The molecule has 128 valence electrons. The number of nitrogens with zero attached hydrogens (tertiary/aromatic N) is 1. The lowest BCUT2D eigenvalue weighted by molar-refractivity contribution is -0.662. The molecule has 0 saturated heterocycles. The van der Waals surface area contributed by atoms with Crippen LogP contribution in [0.1, 0.15) is 11.1 Å². The van der Waals surface area contributed by atoms with Gasteiger partial charge in [-0.25, -0.2) is 4.57 Å². The minimum atomic E-state index is 0.931. The zero-order valence-corrected chi connectivity index (χ0v) is 16.0. The summed E-state index contributed by atoms with van der Waals surface area (Å²) in [5.41, 5.74) is 5.22. The lowest BCUT2D eigenvalue weighted by Gasteiger charge is -2.14. The maximum atomic E-state index is 4.23. The van der Waals surface area contributed by atoms with E-state index >= 15 is 0 Å². The number of aryl methyl sites for hydroxylation is 2. The first kappa shape index (κ1) is 16.9. The molecule has 0 unspecified atom stereocenters. The Morgan fingerprint density at radius 3 is 2.77 bits per heavy atom. The van der Waals surface area contributed by atoms with Crippen LogP contribution >= 0.6 is 11.8 Å². The Hall–Kier alpha value is -2.58. The van der Waals surface area contributed by atoms with E-state index in [9.17, 15) is 0 Å². The summed E-state index contributed by atoms with van der Waals surface area (Å²) in [6, 6.07) is 15.3. The summed E-state index contributed by atoms with van der Waals surface area (Å²) < 4.78 is 2.24. The van der Waals surface area contributed by atoms with E-state index < -0.39 is 0 Å². The normalized spacial score (nSPS) is 16.5. The molecule has 2 heteroatoms. The number of fused-ring (bicyclic) bond motifs is 2. The Labute approximate surface area is 159 Å². The molecule has 0 amide bonds. The number of pyridine rings is 1. The van der Waals surface area contributed by atoms with Crippen molar-refractivity contribution in [3.8, 4) is 11.3 Å². The highest BCUT2D eigenvalue weighted by Crippen LogP contribution is 2.39. The first-order chi connectivity index (χ1) is 12.6. The van der Waals surface area contributed by atoms with Gasteiger partial charge >= 0.3 is 0 Å². The fraction of sp³-hybridized carbons (Fsp3) is 0.125. The zero-order valence-electron chi connectivity index (χ0n) is 15.2. The Morgan fingerprint density at radius 1 is 1.04 bits per heavy atom. The van der Waals surface area contributed by atoms with Gasteiger partial charge in [-0.3, -0.25) is 0 Å². The molecule has 0 saturated carbocycles. The molecule has 0 N–H and O–H groups in total.